The van der Waals surface area contributed by atoms with Gasteiger partial charge in [0.1, 0.15) is 6.54 Å². The summed E-state index contributed by atoms with van der Waals surface area (Å²) in [7, 11) is -1.49. The first-order valence-corrected chi connectivity index (χ1v) is 9.74. The number of halogens is 1. The molecule has 128 valence electrons. The highest BCUT2D eigenvalue weighted by molar-refractivity contribution is 7.92. The Balaban J connectivity index is 2.19. The first-order valence-electron chi connectivity index (χ1n) is 7.51. The van der Waals surface area contributed by atoms with Crippen molar-refractivity contribution in [3.05, 3.63) is 28.8 Å². The third kappa shape index (κ3) is 4.59. The van der Waals surface area contributed by atoms with Crippen LogP contribution in [0.5, 0.6) is 0 Å². The number of nitrogens with one attached hydrogen (secondary N) is 1. The molecule has 1 aromatic rings. The standard InChI is InChI=1S/C15H22ClN3O3S/c1-12-4-5-13(10-14(12)16)19(23(3,21)22)11-15(20)18-8-6-17(2)7-9-18/h4-5,10H,6-9,11H2,1-3H3/p+1. The molecule has 1 amide bonds. The SMILES string of the molecule is Cc1ccc(N(CC(=O)N2CC[NH+](C)CC2)S(C)(=O)=O)cc1Cl. The average Bonchev–Trinajstić information content (AvgIpc) is 2.47. The normalized spacial score (nSPS) is 16.4. The second-order valence-corrected chi connectivity index (χ2v) is 8.36. The summed E-state index contributed by atoms with van der Waals surface area (Å²) in [4.78, 5) is 15.6. The van der Waals surface area contributed by atoms with Gasteiger partial charge in [-0.15, -0.1) is 0 Å². The predicted molar refractivity (Wildman–Crippen MR) is 91.6 cm³/mol. The summed E-state index contributed by atoms with van der Waals surface area (Å²) in [6.45, 7) is 4.70. The molecule has 1 heterocycles. The zero-order valence-corrected chi connectivity index (χ0v) is 15.2. The van der Waals surface area contributed by atoms with E-state index in [-0.39, 0.29) is 12.5 Å². The molecule has 8 heteroatoms. The van der Waals surface area contributed by atoms with Crippen LogP contribution in [0.15, 0.2) is 18.2 Å². The van der Waals surface area contributed by atoms with Crippen LogP contribution in [0.4, 0.5) is 5.69 Å². The fraction of sp³-hybridized carbons (Fsp3) is 0.533. The number of anilines is 1. The van der Waals surface area contributed by atoms with Crippen molar-refractivity contribution in [2.24, 2.45) is 0 Å². The highest BCUT2D eigenvalue weighted by atomic mass is 35.5. The Morgan fingerprint density at radius 2 is 1.96 bits per heavy atom. The molecule has 0 spiro atoms. The number of quaternary nitrogens is 1. The molecule has 0 aromatic heterocycles. The highest BCUT2D eigenvalue weighted by Gasteiger charge is 2.27. The Morgan fingerprint density at radius 1 is 1.35 bits per heavy atom. The second kappa shape index (κ2) is 7.07. The molecule has 0 bridgehead atoms. The fourth-order valence-electron chi connectivity index (χ4n) is 2.50. The number of piperazine rings is 1. The summed E-state index contributed by atoms with van der Waals surface area (Å²) in [5.74, 6) is -0.181. The highest BCUT2D eigenvalue weighted by Crippen LogP contribution is 2.24. The quantitative estimate of drug-likeness (QED) is 0.807. The molecule has 1 N–H and O–H groups in total. The van der Waals surface area contributed by atoms with Crippen molar-refractivity contribution in [1.29, 1.82) is 0 Å². The number of sulfonamides is 1. The number of carbonyl (C=O) groups excluding carboxylic acids is 1. The van der Waals surface area contributed by atoms with Crippen molar-refractivity contribution in [2.75, 3.05) is 50.3 Å². The van der Waals surface area contributed by atoms with Crippen LogP contribution >= 0.6 is 11.6 Å². The number of nitrogens with zero attached hydrogens (tertiary/aromatic N) is 2. The second-order valence-electron chi connectivity index (χ2n) is 6.04. The Kier molecular flexibility index (Phi) is 5.54. The van der Waals surface area contributed by atoms with E-state index in [9.17, 15) is 13.2 Å². The van der Waals surface area contributed by atoms with E-state index in [0.29, 0.717) is 23.8 Å². The van der Waals surface area contributed by atoms with E-state index in [1.807, 2.05) is 6.92 Å². The molecular formula is C15H23ClN3O3S+. The van der Waals surface area contributed by atoms with Crippen LogP contribution in [0, 0.1) is 6.92 Å². The molecule has 1 aliphatic heterocycles. The number of aryl methyl sites for hydroxylation is 1. The third-order valence-electron chi connectivity index (χ3n) is 4.09. The minimum Gasteiger partial charge on any atom is -0.334 e. The first-order chi connectivity index (χ1) is 10.7. The lowest BCUT2D eigenvalue weighted by Crippen LogP contribution is -3.12. The maximum absolute atomic E-state index is 12.5. The number of benzene rings is 1. The van der Waals surface area contributed by atoms with E-state index in [2.05, 4.69) is 7.05 Å². The maximum Gasteiger partial charge on any atom is 0.243 e. The van der Waals surface area contributed by atoms with Crippen LogP contribution < -0.4 is 9.21 Å². The van der Waals surface area contributed by atoms with Gasteiger partial charge in [-0.25, -0.2) is 8.42 Å². The van der Waals surface area contributed by atoms with E-state index < -0.39 is 10.0 Å². The lowest BCUT2D eigenvalue weighted by Gasteiger charge is -2.32. The number of hydrogen-bond acceptors (Lipinski definition) is 3. The minimum atomic E-state index is -3.57. The van der Waals surface area contributed by atoms with Crippen LogP contribution in [0.1, 0.15) is 5.56 Å². The van der Waals surface area contributed by atoms with E-state index >= 15 is 0 Å². The summed E-state index contributed by atoms with van der Waals surface area (Å²) in [6, 6.07) is 5.00. The van der Waals surface area contributed by atoms with Crippen LogP contribution in [0.3, 0.4) is 0 Å². The monoisotopic (exact) mass is 360 g/mol. The van der Waals surface area contributed by atoms with Crippen molar-refractivity contribution < 1.29 is 18.1 Å². The van der Waals surface area contributed by atoms with Gasteiger partial charge in [0.05, 0.1) is 45.2 Å². The van der Waals surface area contributed by atoms with Crippen molar-refractivity contribution in [3.8, 4) is 0 Å². The summed E-state index contributed by atoms with van der Waals surface area (Å²) < 4.78 is 25.3. The summed E-state index contributed by atoms with van der Waals surface area (Å²) in [5, 5.41) is 0.479. The van der Waals surface area contributed by atoms with Crippen LogP contribution in [-0.4, -0.2) is 65.3 Å². The first kappa shape index (κ1) is 18.0. The zero-order chi connectivity index (χ0) is 17.2. The molecule has 0 unspecified atom stereocenters. The van der Waals surface area contributed by atoms with E-state index in [1.54, 1.807) is 23.1 Å². The van der Waals surface area contributed by atoms with Crippen LogP contribution in [0.25, 0.3) is 0 Å². The molecule has 23 heavy (non-hydrogen) atoms. The number of hydrogen-bond donors (Lipinski definition) is 1. The van der Waals surface area contributed by atoms with Gasteiger partial charge in [-0.2, -0.15) is 0 Å². The molecule has 0 aliphatic carbocycles. The van der Waals surface area contributed by atoms with Gasteiger partial charge in [0, 0.05) is 5.02 Å². The number of amides is 1. The lowest BCUT2D eigenvalue weighted by molar-refractivity contribution is -0.883. The summed E-state index contributed by atoms with van der Waals surface area (Å²) in [5.41, 5.74) is 1.27. The minimum absolute atomic E-state index is 0.181. The van der Waals surface area contributed by atoms with Gasteiger partial charge in [0.25, 0.3) is 0 Å². The van der Waals surface area contributed by atoms with Crippen molar-refractivity contribution in [1.82, 2.24) is 4.90 Å². The lowest BCUT2D eigenvalue weighted by atomic mass is 10.2. The molecule has 0 saturated carbocycles. The molecule has 2 rings (SSSR count). The van der Waals surface area contributed by atoms with Crippen LogP contribution in [-0.2, 0) is 14.8 Å². The molecule has 0 radical (unpaired) electrons. The molecule has 1 saturated heterocycles. The summed E-state index contributed by atoms with van der Waals surface area (Å²) >= 11 is 6.09. The van der Waals surface area contributed by atoms with Crippen molar-refractivity contribution in [3.63, 3.8) is 0 Å². The van der Waals surface area contributed by atoms with Gasteiger partial charge >= 0.3 is 0 Å². The van der Waals surface area contributed by atoms with Gasteiger partial charge in [-0.3, -0.25) is 9.10 Å². The van der Waals surface area contributed by atoms with Gasteiger partial charge < -0.3 is 9.80 Å². The molecule has 6 nitrogen and oxygen atoms in total. The Labute approximate surface area is 142 Å². The molecule has 0 atom stereocenters. The predicted octanol–water partition coefficient (Wildman–Crippen LogP) is -0.229. The number of rotatable bonds is 4. The largest absolute Gasteiger partial charge is 0.334 e. The average molecular weight is 361 g/mol. The fourth-order valence-corrected chi connectivity index (χ4v) is 3.51. The van der Waals surface area contributed by atoms with E-state index in [0.717, 1.165) is 29.2 Å². The Morgan fingerprint density at radius 3 is 2.48 bits per heavy atom. The molecule has 1 fully saturated rings. The molecule has 1 aliphatic rings. The summed E-state index contributed by atoms with van der Waals surface area (Å²) in [6.07, 6.45) is 1.10. The van der Waals surface area contributed by atoms with E-state index in [1.165, 1.54) is 4.90 Å². The Hall–Kier alpha value is -1.31. The smallest absolute Gasteiger partial charge is 0.243 e. The molecular weight excluding hydrogens is 338 g/mol. The van der Waals surface area contributed by atoms with Gasteiger partial charge in [-0.1, -0.05) is 17.7 Å². The zero-order valence-electron chi connectivity index (χ0n) is 13.7. The van der Waals surface area contributed by atoms with E-state index in [4.69, 9.17) is 11.6 Å². The third-order valence-corrected chi connectivity index (χ3v) is 5.64. The Bertz CT molecular complexity index is 685. The van der Waals surface area contributed by atoms with Crippen molar-refractivity contribution in [2.45, 2.75) is 6.92 Å². The van der Waals surface area contributed by atoms with Gasteiger partial charge in [0.2, 0.25) is 15.9 Å². The van der Waals surface area contributed by atoms with Crippen molar-refractivity contribution >= 4 is 33.2 Å². The maximum atomic E-state index is 12.5. The molecule has 1 aromatic carbocycles. The topological polar surface area (TPSA) is 62.1 Å². The van der Waals surface area contributed by atoms with Crippen LogP contribution in [0.2, 0.25) is 5.02 Å². The van der Waals surface area contributed by atoms with Gasteiger partial charge in [0.15, 0.2) is 0 Å². The number of carbonyl (C=O) groups is 1. The van der Waals surface area contributed by atoms with Gasteiger partial charge in [-0.05, 0) is 24.6 Å². The number of likely N-dealkylation sites (N-methyl/N-ethyl adjacent to an activating group) is 1.